The van der Waals surface area contributed by atoms with Gasteiger partial charge in [0, 0.05) is 19.3 Å². The Bertz CT molecular complexity index is 548. The number of hydrogen-bond acceptors (Lipinski definition) is 3. The molecule has 0 unspecified atom stereocenters. The van der Waals surface area contributed by atoms with Crippen LogP contribution in [0.25, 0.3) is 0 Å². The molecule has 1 aromatic carbocycles. The molecule has 0 atom stereocenters. The summed E-state index contributed by atoms with van der Waals surface area (Å²) in [6.45, 7) is 0.427. The van der Waals surface area contributed by atoms with Crippen molar-refractivity contribution in [2.45, 2.75) is 12.8 Å². The van der Waals surface area contributed by atoms with Gasteiger partial charge in [-0.25, -0.2) is 0 Å². The third-order valence-corrected chi connectivity index (χ3v) is 3.20. The van der Waals surface area contributed by atoms with Gasteiger partial charge < -0.3 is 9.80 Å². The summed E-state index contributed by atoms with van der Waals surface area (Å²) in [5.74, 6) is -0.205. The molecular weight excluding hydrogens is 242 g/mol. The Labute approximate surface area is 112 Å². The van der Waals surface area contributed by atoms with Gasteiger partial charge in [0.25, 0.3) is 0 Å². The molecule has 1 aromatic rings. The van der Waals surface area contributed by atoms with Crippen LogP contribution in [0, 0.1) is 11.3 Å². The van der Waals surface area contributed by atoms with Crippen LogP contribution in [0.3, 0.4) is 0 Å². The maximum absolute atomic E-state index is 12.0. The molecule has 0 saturated heterocycles. The fraction of sp³-hybridized carbons (Fsp3) is 0.357. The van der Waals surface area contributed by atoms with Crippen LogP contribution >= 0.6 is 0 Å². The normalized spacial score (nSPS) is 13.1. The van der Waals surface area contributed by atoms with Crippen LogP contribution in [-0.2, 0) is 16.0 Å². The quantitative estimate of drug-likeness (QED) is 0.806. The van der Waals surface area contributed by atoms with E-state index in [-0.39, 0.29) is 18.4 Å². The lowest BCUT2D eigenvalue weighted by molar-refractivity contribution is -0.130. The Hall–Kier alpha value is -2.35. The van der Waals surface area contributed by atoms with E-state index in [9.17, 15) is 9.59 Å². The number of carbonyl (C=O) groups excluding carboxylic acids is 2. The second kappa shape index (κ2) is 5.53. The minimum atomic E-state index is -0.152. The summed E-state index contributed by atoms with van der Waals surface area (Å²) < 4.78 is 0. The summed E-state index contributed by atoms with van der Waals surface area (Å²) in [5.41, 5.74) is 1.77. The van der Waals surface area contributed by atoms with Gasteiger partial charge in [-0.3, -0.25) is 9.59 Å². The van der Waals surface area contributed by atoms with Gasteiger partial charge in [0.1, 0.15) is 6.54 Å². The second-order valence-electron chi connectivity index (χ2n) is 4.51. The lowest BCUT2D eigenvalue weighted by atomic mass is 10.2. The van der Waals surface area contributed by atoms with Crippen molar-refractivity contribution >= 4 is 17.5 Å². The predicted molar refractivity (Wildman–Crippen MR) is 70.4 cm³/mol. The van der Waals surface area contributed by atoms with E-state index < -0.39 is 0 Å². The van der Waals surface area contributed by atoms with Crippen molar-refractivity contribution < 1.29 is 9.59 Å². The molecule has 2 amide bonds. The maximum Gasteiger partial charge on any atom is 0.242 e. The highest BCUT2D eigenvalue weighted by Gasteiger charge is 2.28. The Morgan fingerprint density at radius 1 is 1.47 bits per heavy atom. The first-order valence-corrected chi connectivity index (χ1v) is 6.12. The van der Waals surface area contributed by atoms with Crippen molar-refractivity contribution in [1.82, 2.24) is 4.90 Å². The molecule has 0 spiro atoms. The van der Waals surface area contributed by atoms with Crippen molar-refractivity contribution in [3.05, 3.63) is 29.8 Å². The Morgan fingerprint density at radius 3 is 2.95 bits per heavy atom. The second-order valence-corrected chi connectivity index (χ2v) is 4.51. The molecule has 19 heavy (non-hydrogen) atoms. The average molecular weight is 257 g/mol. The summed E-state index contributed by atoms with van der Waals surface area (Å²) >= 11 is 0. The fourth-order valence-corrected chi connectivity index (χ4v) is 2.09. The summed E-state index contributed by atoms with van der Waals surface area (Å²) in [4.78, 5) is 26.9. The minimum absolute atomic E-state index is 0.0395. The lowest BCUT2D eigenvalue weighted by Gasteiger charge is -2.21. The minimum Gasteiger partial charge on any atom is -0.343 e. The van der Waals surface area contributed by atoms with E-state index in [2.05, 4.69) is 0 Å². The average Bonchev–Trinajstić information content (AvgIpc) is 2.72. The number of amides is 2. The molecule has 1 heterocycles. The molecule has 0 aromatic heterocycles. The number of rotatable bonds is 4. The highest BCUT2D eigenvalue weighted by atomic mass is 16.2. The molecule has 0 N–H and O–H groups in total. The molecule has 0 saturated carbocycles. The molecule has 98 valence electrons. The van der Waals surface area contributed by atoms with E-state index in [0.717, 1.165) is 11.3 Å². The van der Waals surface area contributed by atoms with Gasteiger partial charge in [-0.15, -0.1) is 0 Å². The van der Waals surface area contributed by atoms with Gasteiger partial charge in [-0.05, 0) is 11.6 Å². The molecule has 2 rings (SSSR count). The number of nitrogens with zero attached hydrogens (tertiary/aromatic N) is 3. The highest BCUT2D eigenvalue weighted by molar-refractivity contribution is 6.04. The number of para-hydroxylation sites is 1. The van der Waals surface area contributed by atoms with Gasteiger partial charge in [-0.2, -0.15) is 5.26 Å². The number of anilines is 1. The van der Waals surface area contributed by atoms with Crippen LogP contribution in [0.15, 0.2) is 24.3 Å². The fourth-order valence-electron chi connectivity index (χ4n) is 2.09. The van der Waals surface area contributed by atoms with Crippen molar-refractivity contribution in [2.24, 2.45) is 0 Å². The summed E-state index contributed by atoms with van der Waals surface area (Å²) in [5, 5.41) is 8.50. The van der Waals surface area contributed by atoms with Crippen molar-refractivity contribution in [2.75, 3.05) is 25.0 Å². The summed E-state index contributed by atoms with van der Waals surface area (Å²) in [6.07, 6.45) is 0.651. The van der Waals surface area contributed by atoms with E-state index in [4.69, 9.17) is 5.26 Å². The monoisotopic (exact) mass is 257 g/mol. The number of likely N-dealkylation sites (N-methyl/N-ethyl adjacent to an activating group) is 1. The number of carbonyl (C=O) groups is 2. The van der Waals surface area contributed by atoms with Gasteiger partial charge in [0.15, 0.2) is 0 Å². The zero-order valence-electron chi connectivity index (χ0n) is 10.8. The standard InChI is InChI=1S/C14H15N3O2/c1-16(8-4-7-15)14(19)10-17-12-6-3-2-5-11(12)9-13(17)18/h2-3,5-6H,4,8-10H2,1H3. The third kappa shape index (κ3) is 2.74. The maximum atomic E-state index is 12.0. The molecule has 0 fully saturated rings. The van der Waals surface area contributed by atoms with Crippen LogP contribution in [0.1, 0.15) is 12.0 Å². The molecule has 0 bridgehead atoms. The van der Waals surface area contributed by atoms with Crippen LogP contribution in [0.4, 0.5) is 5.69 Å². The van der Waals surface area contributed by atoms with Gasteiger partial charge in [-0.1, -0.05) is 18.2 Å². The number of nitriles is 1. The molecule has 5 heteroatoms. The van der Waals surface area contributed by atoms with E-state index in [1.807, 2.05) is 30.3 Å². The van der Waals surface area contributed by atoms with Crippen molar-refractivity contribution in [3.8, 4) is 6.07 Å². The van der Waals surface area contributed by atoms with Crippen LogP contribution < -0.4 is 4.90 Å². The largest absolute Gasteiger partial charge is 0.343 e. The van der Waals surface area contributed by atoms with E-state index >= 15 is 0 Å². The smallest absolute Gasteiger partial charge is 0.242 e. The van der Waals surface area contributed by atoms with Crippen molar-refractivity contribution in [3.63, 3.8) is 0 Å². The molecule has 1 aliphatic rings. The van der Waals surface area contributed by atoms with Gasteiger partial charge in [0.05, 0.1) is 18.9 Å². The summed E-state index contributed by atoms with van der Waals surface area (Å²) in [6, 6.07) is 9.49. The SMILES string of the molecule is CN(CCC#N)C(=O)CN1C(=O)Cc2ccccc21. The van der Waals surface area contributed by atoms with E-state index in [1.54, 1.807) is 7.05 Å². The number of benzene rings is 1. The zero-order chi connectivity index (χ0) is 13.8. The first kappa shape index (κ1) is 13.1. The summed E-state index contributed by atoms with van der Waals surface area (Å²) in [7, 11) is 1.64. The number of fused-ring (bicyclic) bond motifs is 1. The molecule has 5 nitrogen and oxygen atoms in total. The number of hydrogen-bond donors (Lipinski definition) is 0. The van der Waals surface area contributed by atoms with Crippen LogP contribution in [0.5, 0.6) is 0 Å². The lowest BCUT2D eigenvalue weighted by Crippen LogP contribution is -2.40. The Balaban J connectivity index is 2.06. The Morgan fingerprint density at radius 2 is 2.21 bits per heavy atom. The predicted octanol–water partition coefficient (Wildman–Crippen LogP) is 0.948. The van der Waals surface area contributed by atoms with E-state index in [0.29, 0.717) is 19.4 Å². The van der Waals surface area contributed by atoms with Gasteiger partial charge in [0.2, 0.25) is 11.8 Å². The highest BCUT2D eigenvalue weighted by Crippen LogP contribution is 2.28. The first-order valence-electron chi connectivity index (χ1n) is 6.12. The van der Waals surface area contributed by atoms with Crippen molar-refractivity contribution in [1.29, 1.82) is 5.26 Å². The molecule has 1 aliphatic heterocycles. The topological polar surface area (TPSA) is 64.4 Å². The van der Waals surface area contributed by atoms with Crippen LogP contribution in [0.2, 0.25) is 0 Å². The van der Waals surface area contributed by atoms with Gasteiger partial charge >= 0.3 is 0 Å². The zero-order valence-corrected chi connectivity index (χ0v) is 10.8. The molecular formula is C14H15N3O2. The molecule has 0 aliphatic carbocycles. The Kier molecular flexibility index (Phi) is 3.81. The van der Waals surface area contributed by atoms with Crippen LogP contribution in [-0.4, -0.2) is 36.9 Å². The molecule has 0 radical (unpaired) electrons. The van der Waals surface area contributed by atoms with E-state index in [1.165, 1.54) is 9.80 Å². The first-order chi connectivity index (χ1) is 9.13. The third-order valence-electron chi connectivity index (χ3n) is 3.20.